The molecule has 10 nitrogen and oxygen atoms in total. The summed E-state index contributed by atoms with van der Waals surface area (Å²) >= 11 is 0. The first kappa shape index (κ1) is 28.8. The number of anilines is 1. The number of nitriles is 1. The third-order valence-electron chi connectivity index (χ3n) is 8.53. The molecule has 0 radical (unpaired) electrons. The van der Waals surface area contributed by atoms with Gasteiger partial charge in [-0.1, -0.05) is 12.6 Å². The molecular weight excluding hydrogens is 525 g/mol. The van der Waals surface area contributed by atoms with E-state index in [1.54, 1.807) is 0 Å². The number of piperazine rings is 1. The number of aromatic hydroxyl groups is 1. The monoisotopic (exact) mass is 563 g/mol. The number of aromatic nitrogens is 2. The van der Waals surface area contributed by atoms with Crippen molar-refractivity contribution in [3.63, 3.8) is 0 Å². The van der Waals surface area contributed by atoms with Crippen LogP contribution in [0.15, 0.2) is 24.5 Å². The van der Waals surface area contributed by atoms with Crippen LogP contribution in [-0.4, -0.2) is 87.6 Å². The van der Waals surface area contributed by atoms with Crippen LogP contribution in [0.5, 0.6) is 11.8 Å². The molecule has 5 rings (SSSR count). The highest BCUT2D eigenvalue weighted by atomic mass is 19.1. The molecule has 3 aliphatic rings. The Hall–Kier alpha value is -3.75. The molecule has 0 spiro atoms. The lowest BCUT2D eigenvalue weighted by Crippen LogP contribution is -2.55. The van der Waals surface area contributed by atoms with Crippen molar-refractivity contribution < 1.29 is 19.0 Å². The fourth-order valence-corrected chi connectivity index (χ4v) is 6.12. The molecule has 4 heterocycles. The number of halogens is 1. The molecule has 1 aromatic heterocycles. The average Bonchev–Trinajstić information content (AvgIpc) is 3.54. The van der Waals surface area contributed by atoms with E-state index in [0.717, 1.165) is 53.2 Å². The zero-order chi connectivity index (χ0) is 29.3. The highest BCUT2D eigenvalue weighted by Gasteiger charge is 2.35. The van der Waals surface area contributed by atoms with E-state index in [1.807, 2.05) is 26.0 Å². The minimum Gasteiger partial charge on any atom is -0.508 e. The lowest BCUT2D eigenvalue weighted by Gasteiger charge is -2.41. The quantitative estimate of drug-likeness (QED) is 0.484. The van der Waals surface area contributed by atoms with E-state index in [9.17, 15) is 19.6 Å². The van der Waals surface area contributed by atoms with Gasteiger partial charge in [-0.25, -0.2) is 4.39 Å². The van der Waals surface area contributed by atoms with Gasteiger partial charge in [0.05, 0.1) is 24.2 Å². The number of hydrogen-bond donors (Lipinski definition) is 1. The third kappa shape index (κ3) is 6.14. The molecule has 2 atom stereocenters. The van der Waals surface area contributed by atoms with Crippen molar-refractivity contribution in [2.24, 2.45) is 0 Å². The first-order valence-corrected chi connectivity index (χ1v) is 14.2. The summed E-state index contributed by atoms with van der Waals surface area (Å²) in [7, 11) is 2.10. The van der Waals surface area contributed by atoms with Crippen LogP contribution in [0.1, 0.15) is 47.2 Å². The first-order chi connectivity index (χ1) is 19.6. The van der Waals surface area contributed by atoms with Crippen LogP contribution in [0, 0.1) is 25.2 Å². The zero-order valence-electron chi connectivity index (χ0n) is 24.1. The van der Waals surface area contributed by atoms with Crippen LogP contribution >= 0.6 is 0 Å². The molecule has 3 aliphatic heterocycles. The summed E-state index contributed by atoms with van der Waals surface area (Å²) in [4.78, 5) is 30.1. The van der Waals surface area contributed by atoms with E-state index in [1.165, 1.54) is 4.90 Å². The Morgan fingerprint density at radius 1 is 1.20 bits per heavy atom. The number of hydrogen-bond acceptors (Lipinski definition) is 9. The number of carbonyl (C=O) groups excluding carboxylic acids is 1. The van der Waals surface area contributed by atoms with Crippen LogP contribution in [0.4, 0.5) is 10.2 Å². The van der Waals surface area contributed by atoms with Crippen molar-refractivity contribution in [1.29, 1.82) is 5.26 Å². The molecule has 41 heavy (non-hydrogen) atoms. The molecule has 0 saturated carbocycles. The van der Waals surface area contributed by atoms with E-state index >= 15 is 0 Å². The summed E-state index contributed by atoms with van der Waals surface area (Å²) in [6.45, 7) is 11.5. The molecule has 0 bridgehead atoms. The first-order valence-electron chi connectivity index (χ1n) is 14.2. The predicted molar refractivity (Wildman–Crippen MR) is 152 cm³/mol. The Morgan fingerprint density at radius 3 is 2.71 bits per heavy atom. The summed E-state index contributed by atoms with van der Waals surface area (Å²) in [5.41, 5.74) is 4.87. The van der Waals surface area contributed by atoms with Crippen LogP contribution in [0.25, 0.3) is 0 Å². The van der Waals surface area contributed by atoms with Gasteiger partial charge in [0.2, 0.25) is 0 Å². The standard InChI is InChI=1S/C30H38FN7O3/c1-19-12-20(2)27(39)13-22(19)14-36-16-25-26(17-36)33-30(41-18-24-6-5-9-35(24)4)34-28(25)37-10-11-38(29(40)21(3)31)23(15-37)7-8-32/h12-13,23-24,39H,3,5-7,9-11,14-18H2,1-2,4H3/t23-,24-/m0/s1. The largest absolute Gasteiger partial charge is 0.508 e. The van der Waals surface area contributed by atoms with Gasteiger partial charge in [-0.05, 0) is 63.0 Å². The van der Waals surface area contributed by atoms with Crippen molar-refractivity contribution >= 4 is 11.7 Å². The minimum absolute atomic E-state index is 0.0719. The van der Waals surface area contributed by atoms with Crippen LogP contribution in [0.3, 0.4) is 0 Å². The van der Waals surface area contributed by atoms with Crippen molar-refractivity contribution in [3.8, 4) is 17.8 Å². The van der Waals surface area contributed by atoms with Crippen molar-refractivity contribution in [2.75, 3.05) is 44.7 Å². The second kappa shape index (κ2) is 12.0. The molecule has 1 amide bonds. The number of nitrogens with zero attached hydrogens (tertiary/aromatic N) is 7. The van der Waals surface area contributed by atoms with Gasteiger partial charge < -0.3 is 24.5 Å². The van der Waals surface area contributed by atoms with E-state index in [4.69, 9.17) is 14.7 Å². The number of phenols is 1. The lowest BCUT2D eigenvalue weighted by molar-refractivity contribution is -0.131. The Balaban J connectivity index is 1.42. The number of likely N-dealkylation sites (N-methyl/N-ethyl adjacent to an activating group) is 1. The molecule has 0 unspecified atom stereocenters. The second-order valence-corrected chi connectivity index (χ2v) is 11.4. The number of benzene rings is 1. The Labute approximate surface area is 240 Å². The van der Waals surface area contributed by atoms with Crippen molar-refractivity contribution in [2.45, 2.75) is 64.8 Å². The summed E-state index contributed by atoms with van der Waals surface area (Å²) in [5, 5.41) is 19.8. The number of fused-ring (bicyclic) bond motifs is 1. The van der Waals surface area contributed by atoms with E-state index in [-0.39, 0.29) is 18.7 Å². The molecule has 1 N–H and O–H groups in total. The third-order valence-corrected chi connectivity index (χ3v) is 8.53. The van der Waals surface area contributed by atoms with Crippen LogP contribution in [0.2, 0.25) is 0 Å². The van der Waals surface area contributed by atoms with E-state index in [2.05, 4.69) is 34.4 Å². The van der Waals surface area contributed by atoms with Gasteiger partial charge in [0.15, 0.2) is 5.83 Å². The van der Waals surface area contributed by atoms with E-state index < -0.39 is 17.8 Å². The Bertz CT molecular complexity index is 1380. The normalized spacial score (nSPS) is 21.1. The van der Waals surface area contributed by atoms with Gasteiger partial charge in [0.1, 0.15) is 18.2 Å². The summed E-state index contributed by atoms with van der Waals surface area (Å²) in [6, 6.07) is 6.09. The fourth-order valence-electron chi connectivity index (χ4n) is 6.12. The molecule has 2 saturated heterocycles. The molecule has 11 heteroatoms. The Kier molecular flexibility index (Phi) is 8.42. The number of ether oxygens (including phenoxy) is 1. The summed E-state index contributed by atoms with van der Waals surface area (Å²) in [6.07, 6.45) is 2.28. The number of amides is 1. The predicted octanol–water partition coefficient (Wildman–Crippen LogP) is 3.20. The van der Waals surface area contributed by atoms with Gasteiger partial charge in [-0.3, -0.25) is 9.69 Å². The van der Waals surface area contributed by atoms with Crippen LogP contribution in [-0.2, 0) is 24.4 Å². The SMILES string of the molecule is C=C(F)C(=O)N1CCN(c2nc(OC[C@@H]3CCCN3C)nc3c2CN(Cc2cc(O)c(C)cc2C)C3)C[C@@H]1CC#N. The van der Waals surface area contributed by atoms with Crippen molar-refractivity contribution in [3.05, 3.63) is 52.5 Å². The average molecular weight is 564 g/mol. The topological polar surface area (TPSA) is 109 Å². The maximum atomic E-state index is 13.7. The molecule has 218 valence electrons. The molecule has 2 fully saturated rings. The maximum Gasteiger partial charge on any atom is 0.318 e. The smallest absolute Gasteiger partial charge is 0.318 e. The highest BCUT2D eigenvalue weighted by molar-refractivity contribution is 5.91. The van der Waals surface area contributed by atoms with Gasteiger partial charge in [-0.15, -0.1) is 0 Å². The van der Waals surface area contributed by atoms with Gasteiger partial charge in [0.25, 0.3) is 5.91 Å². The lowest BCUT2D eigenvalue weighted by atomic mass is 10.0. The van der Waals surface area contributed by atoms with Crippen LogP contribution < -0.4 is 9.64 Å². The van der Waals surface area contributed by atoms with Gasteiger partial charge in [0, 0.05) is 50.9 Å². The molecule has 1 aromatic carbocycles. The fraction of sp³-hybridized carbons (Fsp3) is 0.533. The highest BCUT2D eigenvalue weighted by Crippen LogP contribution is 2.34. The zero-order valence-corrected chi connectivity index (χ0v) is 24.1. The maximum absolute atomic E-state index is 13.7. The number of likely N-dealkylation sites (tertiary alicyclic amines) is 1. The van der Waals surface area contributed by atoms with Gasteiger partial charge >= 0.3 is 6.01 Å². The number of aryl methyl sites for hydroxylation is 2. The number of rotatable bonds is 8. The number of phenolic OH excluding ortho intramolecular Hbond substituents is 1. The Morgan fingerprint density at radius 2 is 2.00 bits per heavy atom. The molecular formula is C30H38FN7O3. The van der Waals surface area contributed by atoms with Crippen molar-refractivity contribution in [1.82, 2.24) is 24.7 Å². The van der Waals surface area contributed by atoms with E-state index in [0.29, 0.717) is 51.4 Å². The minimum atomic E-state index is -1.02. The molecule has 0 aliphatic carbocycles. The van der Waals surface area contributed by atoms with Gasteiger partial charge in [-0.2, -0.15) is 15.2 Å². The summed E-state index contributed by atoms with van der Waals surface area (Å²) < 4.78 is 19.9. The molecule has 2 aromatic rings. The summed E-state index contributed by atoms with van der Waals surface area (Å²) in [5.74, 6) is -0.789. The second-order valence-electron chi connectivity index (χ2n) is 11.4. The number of carbonyl (C=O) groups is 1.